The summed E-state index contributed by atoms with van der Waals surface area (Å²) in [6.07, 6.45) is 0. The molecule has 0 saturated carbocycles. The standard InChI is InChI=1S/C14H15NO3/c1-10-5-6-13(18-10)14(17)15-8-11-3-2-4-12(7-11)9-16/h2-7,16H,8-9H2,1H3,(H,15,17). The summed E-state index contributed by atoms with van der Waals surface area (Å²) in [5.74, 6) is 0.783. The van der Waals surface area contributed by atoms with Gasteiger partial charge in [0.2, 0.25) is 0 Å². The first kappa shape index (κ1) is 12.4. The predicted octanol–water partition coefficient (Wildman–Crippen LogP) is 2.01. The highest BCUT2D eigenvalue weighted by molar-refractivity contribution is 5.91. The number of carbonyl (C=O) groups excluding carboxylic acids is 1. The van der Waals surface area contributed by atoms with Gasteiger partial charge >= 0.3 is 0 Å². The molecule has 0 saturated heterocycles. The van der Waals surface area contributed by atoms with E-state index in [1.807, 2.05) is 24.3 Å². The molecule has 2 aromatic rings. The minimum atomic E-state index is -0.238. The van der Waals surface area contributed by atoms with Crippen molar-refractivity contribution in [1.29, 1.82) is 0 Å². The van der Waals surface area contributed by atoms with Crippen molar-refractivity contribution >= 4 is 5.91 Å². The Morgan fingerprint density at radius 2 is 2.06 bits per heavy atom. The minimum Gasteiger partial charge on any atom is -0.456 e. The van der Waals surface area contributed by atoms with E-state index < -0.39 is 0 Å². The summed E-state index contributed by atoms with van der Waals surface area (Å²) < 4.78 is 5.23. The Bertz CT molecular complexity index is 545. The molecule has 94 valence electrons. The summed E-state index contributed by atoms with van der Waals surface area (Å²) >= 11 is 0. The summed E-state index contributed by atoms with van der Waals surface area (Å²) in [7, 11) is 0. The second kappa shape index (κ2) is 5.51. The van der Waals surface area contributed by atoms with Crippen LogP contribution in [-0.4, -0.2) is 11.0 Å². The number of amides is 1. The van der Waals surface area contributed by atoms with E-state index in [-0.39, 0.29) is 12.5 Å². The number of benzene rings is 1. The van der Waals surface area contributed by atoms with Crippen molar-refractivity contribution < 1.29 is 14.3 Å². The second-order valence-corrected chi connectivity index (χ2v) is 4.07. The molecule has 4 heteroatoms. The van der Waals surface area contributed by atoms with E-state index in [1.54, 1.807) is 19.1 Å². The number of rotatable bonds is 4. The number of carbonyl (C=O) groups is 1. The molecule has 1 amide bonds. The van der Waals surface area contributed by atoms with Crippen LogP contribution in [0.4, 0.5) is 0 Å². The van der Waals surface area contributed by atoms with Gasteiger partial charge in [-0.15, -0.1) is 0 Å². The molecular weight excluding hydrogens is 230 g/mol. The number of aliphatic hydroxyl groups excluding tert-OH is 1. The topological polar surface area (TPSA) is 62.5 Å². The van der Waals surface area contributed by atoms with Crippen LogP contribution in [0, 0.1) is 6.92 Å². The lowest BCUT2D eigenvalue weighted by Crippen LogP contribution is -2.22. The molecule has 4 nitrogen and oxygen atoms in total. The van der Waals surface area contributed by atoms with Crippen LogP contribution in [0.2, 0.25) is 0 Å². The Hall–Kier alpha value is -2.07. The van der Waals surface area contributed by atoms with E-state index >= 15 is 0 Å². The Morgan fingerprint density at radius 1 is 1.28 bits per heavy atom. The molecule has 0 unspecified atom stereocenters. The van der Waals surface area contributed by atoms with E-state index in [4.69, 9.17) is 9.52 Å². The normalized spacial score (nSPS) is 10.3. The van der Waals surface area contributed by atoms with Gasteiger partial charge < -0.3 is 14.8 Å². The third-order valence-electron chi connectivity index (χ3n) is 2.59. The van der Waals surface area contributed by atoms with Crippen molar-refractivity contribution in [3.05, 3.63) is 59.0 Å². The summed E-state index contributed by atoms with van der Waals surface area (Å²) in [6, 6.07) is 10.8. The SMILES string of the molecule is Cc1ccc(C(=O)NCc2cccc(CO)c2)o1. The molecule has 0 bridgehead atoms. The van der Waals surface area contributed by atoms with Crippen LogP contribution in [0.1, 0.15) is 27.4 Å². The molecular formula is C14H15NO3. The van der Waals surface area contributed by atoms with Gasteiger partial charge in [-0.25, -0.2) is 0 Å². The summed E-state index contributed by atoms with van der Waals surface area (Å²) in [5.41, 5.74) is 1.77. The summed E-state index contributed by atoms with van der Waals surface area (Å²) in [6.45, 7) is 2.20. The molecule has 0 aliphatic heterocycles. The average molecular weight is 245 g/mol. The van der Waals surface area contributed by atoms with Crippen molar-refractivity contribution in [3.8, 4) is 0 Å². The molecule has 1 aromatic carbocycles. The first-order valence-electron chi connectivity index (χ1n) is 5.72. The largest absolute Gasteiger partial charge is 0.456 e. The fourth-order valence-electron chi connectivity index (χ4n) is 1.66. The van der Waals surface area contributed by atoms with Gasteiger partial charge in [-0.3, -0.25) is 4.79 Å². The predicted molar refractivity (Wildman–Crippen MR) is 67.0 cm³/mol. The maximum atomic E-state index is 11.7. The van der Waals surface area contributed by atoms with Crippen LogP contribution in [0.25, 0.3) is 0 Å². The van der Waals surface area contributed by atoms with Gasteiger partial charge in [0.15, 0.2) is 5.76 Å². The highest BCUT2D eigenvalue weighted by Crippen LogP contribution is 2.08. The van der Waals surface area contributed by atoms with Gasteiger partial charge in [-0.1, -0.05) is 24.3 Å². The molecule has 0 fully saturated rings. The van der Waals surface area contributed by atoms with Gasteiger partial charge in [0.05, 0.1) is 6.61 Å². The number of hydrogen-bond donors (Lipinski definition) is 2. The number of hydrogen-bond acceptors (Lipinski definition) is 3. The van der Waals surface area contributed by atoms with Crippen LogP contribution in [-0.2, 0) is 13.2 Å². The van der Waals surface area contributed by atoms with Gasteiger partial charge in [0.25, 0.3) is 5.91 Å². The van der Waals surface area contributed by atoms with Gasteiger partial charge in [0, 0.05) is 6.54 Å². The third kappa shape index (κ3) is 2.99. The second-order valence-electron chi connectivity index (χ2n) is 4.07. The van der Waals surface area contributed by atoms with Crippen LogP contribution in [0.15, 0.2) is 40.8 Å². The Balaban J connectivity index is 1.97. The zero-order valence-electron chi connectivity index (χ0n) is 10.1. The Morgan fingerprint density at radius 3 is 2.72 bits per heavy atom. The Kier molecular flexibility index (Phi) is 3.79. The summed E-state index contributed by atoms with van der Waals surface area (Å²) in [5, 5.41) is 11.8. The molecule has 2 N–H and O–H groups in total. The van der Waals surface area contributed by atoms with E-state index in [9.17, 15) is 4.79 Å². The lowest BCUT2D eigenvalue weighted by molar-refractivity contribution is 0.0922. The average Bonchev–Trinajstić information content (AvgIpc) is 2.83. The van der Waals surface area contributed by atoms with Crippen molar-refractivity contribution in [2.75, 3.05) is 0 Å². The van der Waals surface area contributed by atoms with Gasteiger partial charge in [-0.05, 0) is 30.2 Å². The molecule has 0 radical (unpaired) electrons. The van der Waals surface area contributed by atoms with Crippen molar-refractivity contribution in [2.24, 2.45) is 0 Å². The fourth-order valence-corrected chi connectivity index (χ4v) is 1.66. The maximum absolute atomic E-state index is 11.7. The first-order valence-corrected chi connectivity index (χ1v) is 5.72. The van der Waals surface area contributed by atoms with Crippen molar-refractivity contribution in [1.82, 2.24) is 5.32 Å². The minimum absolute atomic E-state index is 0.000828. The zero-order valence-corrected chi connectivity index (χ0v) is 10.1. The van der Waals surface area contributed by atoms with E-state index in [2.05, 4.69) is 5.32 Å². The van der Waals surface area contributed by atoms with Crippen LogP contribution < -0.4 is 5.32 Å². The van der Waals surface area contributed by atoms with E-state index in [0.29, 0.717) is 18.1 Å². The molecule has 1 heterocycles. The maximum Gasteiger partial charge on any atom is 0.287 e. The highest BCUT2D eigenvalue weighted by atomic mass is 16.3. The van der Waals surface area contributed by atoms with Crippen molar-refractivity contribution in [3.63, 3.8) is 0 Å². The molecule has 18 heavy (non-hydrogen) atoms. The number of nitrogens with one attached hydrogen (secondary N) is 1. The summed E-state index contributed by atoms with van der Waals surface area (Å²) in [4.78, 5) is 11.7. The number of furan rings is 1. The monoisotopic (exact) mass is 245 g/mol. The lowest BCUT2D eigenvalue weighted by Gasteiger charge is -2.05. The van der Waals surface area contributed by atoms with Crippen LogP contribution in [0.5, 0.6) is 0 Å². The smallest absolute Gasteiger partial charge is 0.287 e. The number of aryl methyl sites for hydroxylation is 1. The Labute approximate surface area is 105 Å². The molecule has 0 spiro atoms. The molecule has 0 aliphatic carbocycles. The van der Waals surface area contributed by atoms with Crippen LogP contribution in [0.3, 0.4) is 0 Å². The van der Waals surface area contributed by atoms with Gasteiger partial charge in [-0.2, -0.15) is 0 Å². The number of aliphatic hydroxyl groups is 1. The molecule has 0 atom stereocenters. The highest BCUT2D eigenvalue weighted by Gasteiger charge is 2.09. The zero-order chi connectivity index (χ0) is 13.0. The first-order chi connectivity index (χ1) is 8.69. The quantitative estimate of drug-likeness (QED) is 0.866. The van der Waals surface area contributed by atoms with E-state index in [1.165, 1.54) is 0 Å². The molecule has 2 rings (SSSR count). The van der Waals surface area contributed by atoms with Gasteiger partial charge in [0.1, 0.15) is 5.76 Å². The molecule has 1 aromatic heterocycles. The van der Waals surface area contributed by atoms with Crippen LogP contribution >= 0.6 is 0 Å². The lowest BCUT2D eigenvalue weighted by atomic mass is 10.1. The van der Waals surface area contributed by atoms with Crippen molar-refractivity contribution in [2.45, 2.75) is 20.1 Å². The molecule has 0 aliphatic rings. The third-order valence-corrected chi connectivity index (χ3v) is 2.59. The fraction of sp³-hybridized carbons (Fsp3) is 0.214. The van der Waals surface area contributed by atoms with E-state index in [0.717, 1.165) is 11.1 Å².